The van der Waals surface area contributed by atoms with Crippen LogP contribution < -0.4 is 25.2 Å². The number of carbonyl (C=O) groups is 1. The molecule has 0 saturated carbocycles. The molecule has 0 bridgehead atoms. The summed E-state index contributed by atoms with van der Waals surface area (Å²) < 4.78 is 74.2. The third-order valence-corrected chi connectivity index (χ3v) is 6.70. The zero-order chi connectivity index (χ0) is 28.4. The normalized spacial score (nSPS) is 13.3. The van der Waals surface area contributed by atoms with Crippen molar-refractivity contribution in [1.82, 2.24) is 5.32 Å². The van der Waals surface area contributed by atoms with Crippen LogP contribution >= 0.6 is 35.4 Å². The van der Waals surface area contributed by atoms with Crippen molar-refractivity contribution in [2.75, 3.05) is 48.4 Å². The molecule has 39 heavy (non-hydrogen) atoms. The quantitative estimate of drug-likeness (QED) is 0.158. The third-order valence-electron chi connectivity index (χ3n) is 5.96. The number of halogens is 7. The molecule has 0 radical (unpaired) electrons. The van der Waals surface area contributed by atoms with Crippen molar-refractivity contribution in [3.8, 4) is 5.75 Å². The maximum absolute atomic E-state index is 14.2. The lowest BCUT2D eigenvalue weighted by molar-refractivity contribution is 0.0974. The maximum Gasteiger partial charge on any atom is 0.261 e. The summed E-state index contributed by atoms with van der Waals surface area (Å²) in [6.07, 6.45) is 0. The minimum Gasteiger partial charge on any atom is -0.496 e. The Balaban J connectivity index is 1.40. The van der Waals surface area contributed by atoms with E-state index in [1.54, 1.807) is 35.2 Å². The van der Waals surface area contributed by atoms with Gasteiger partial charge < -0.3 is 19.9 Å². The van der Waals surface area contributed by atoms with Gasteiger partial charge in [0.15, 0.2) is 28.4 Å². The highest BCUT2D eigenvalue weighted by Crippen LogP contribution is 2.33. The molecule has 4 rings (SSSR count). The first kappa shape index (κ1) is 28.7. The molecule has 3 aromatic rings. The van der Waals surface area contributed by atoms with Crippen LogP contribution in [0.5, 0.6) is 5.75 Å². The molecule has 0 aliphatic carbocycles. The van der Waals surface area contributed by atoms with Crippen molar-refractivity contribution < 1.29 is 31.5 Å². The lowest BCUT2D eigenvalue weighted by Gasteiger charge is -2.38. The summed E-state index contributed by atoms with van der Waals surface area (Å²) in [5, 5.41) is 6.01. The molecule has 1 saturated heterocycles. The van der Waals surface area contributed by atoms with Gasteiger partial charge in [-0.1, -0.05) is 23.2 Å². The van der Waals surface area contributed by atoms with E-state index in [-0.39, 0.29) is 36.9 Å². The Bertz CT molecular complexity index is 1430. The predicted molar refractivity (Wildman–Crippen MR) is 144 cm³/mol. The van der Waals surface area contributed by atoms with E-state index in [1.807, 2.05) is 0 Å². The SMILES string of the molecule is COc1ccc(Cl)cc1C(=O)NC(=S)Nc1ccc(N2CCN(c3c(F)c(F)c(F)c(F)c3F)CC2)c(Cl)c1. The standard InChI is InChI=1S/C25H19Cl2F5N4O2S/c1-38-17-5-2-12(26)10-14(17)24(37)34-25(39)33-13-3-4-16(15(27)11-13)35-6-8-36(9-7-35)23-21(31)19(29)18(28)20(30)22(23)32/h2-5,10-11H,6-9H2,1H3,(H2,33,34,37,39). The van der Waals surface area contributed by atoms with Gasteiger partial charge in [-0.3, -0.25) is 10.1 Å². The van der Waals surface area contributed by atoms with E-state index in [1.165, 1.54) is 13.2 Å². The molecule has 0 aromatic heterocycles. The summed E-state index contributed by atoms with van der Waals surface area (Å²) in [7, 11) is 1.42. The fourth-order valence-electron chi connectivity index (χ4n) is 4.07. The minimum atomic E-state index is -2.20. The number of benzene rings is 3. The van der Waals surface area contributed by atoms with Gasteiger partial charge in [0, 0.05) is 36.9 Å². The molecular weight excluding hydrogens is 586 g/mol. The van der Waals surface area contributed by atoms with Crippen LogP contribution in [0.3, 0.4) is 0 Å². The van der Waals surface area contributed by atoms with Crippen molar-refractivity contribution in [1.29, 1.82) is 0 Å². The average molecular weight is 605 g/mol. The van der Waals surface area contributed by atoms with Gasteiger partial charge in [-0.2, -0.15) is 0 Å². The van der Waals surface area contributed by atoms with Crippen molar-refractivity contribution in [2.45, 2.75) is 0 Å². The highest BCUT2D eigenvalue weighted by Gasteiger charge is 2.31. The Morgan fingerprint density at radius 3 is 2.05 bits per heavy atom. The molecule has 1 amide bonds. The molecule has 0 atom stereocenters. The van der Waals surface area contributed by atoms with Gasteiger partial charge in [-0.25, -0.2) is 22.0 Å². The Hall–Kier alpha value is -3.35. The summed E-state index contributed by atoms with van der Waals surface area (Å²) in [5.41, 5.74) is 0.278. The van der Waals surface area contributed by atoms with E-state index in [4.69, 9.17) is 40.2 Å². The smallest absolute Gasteiger partial charge is 0.261 e. The Morgan fingerprint density at radius 1 is 0.872 bits per heavy atom. The molecule has 1 aliphatic heterocycles. The van der Waals surface area contributed by atoms with Gasteiger partial charge in [0.2, 0.25) is 5.82 Å². The van der Waals surface area contributed by atoms with Gasteiger partial charge in [0.1, 0.15) is 11.4 Å². The lowest BCUT2D eigenvalue weighted by Crippen LogP contribution is -2.47. The molecule has 6 nitrogen and oxygen atoms in total. The van der Waals surface area contributed by atoms with Gasteiger partial charge >= 0.3 is 0 Å². The lowest BCUT2D eigenvalue weighted by atomic mass is 10.2. The first-order valence-electron chi connectivity index (χ1n) is 11.3. The Kier molecular flexibility index (Phi) is 8.67. The van der Waals surface area contributed by atoms with Crippen LogP contribution in [0, 0.1) is 29.1 Å². The summed E-state index contributed by atoms with van der Waals surface area (Å²) >= 11 is 17.6. The number of piperazine rings is 1. The van der Waals surface area contributed by atoms with Crippen LogP contribution in [0.4, 0.5) is 39.0 Å². The van der Waals surface area contributed by atoms with Crippen molar-refractivity contribution in [3.05, 3.63) is 81.1 Å². The zero-order valence-electron chi connectivity index (χ0n) is 20.1. The molecule has 1 fully saturated rings. The zero-order valence-corrected chi connectivity index (χ0v) is 22.4. The number of nitrogens with zero attached hydrogens (tertiary/aromatic N) is 2. The van der Waals surface area contributed by atoms with Gasteiger partial charge in [0.05, 0.1) is 23.4 Å². The predicted octanol–water partition coefficient (Wildman–Crippen LogP) is 6.15. The first-order valence-corrected chi connectivity index (χ1v) is 12.4. The Morgan fingerprint density at radius 2 is 1.46 bits per heavy atom. The van der Waals surface area contributed by atoms with E-state index in [0.29, 0.717) is 27.2 Å². The molecule has 1 aliphatic rings. The first-order chi connectivity index (χ1) is 18.5. The van der Waals surface area contributed by atoms with E-state index in [0.717, 1.165) is 4.90 Å². The summed E-state index contributed by atoms with van der Waals surface area (Å²) in [5.74, 6) is -10.1. The van der Waals surface area contributed by atoms with Gasteiger partial charge in [-0.15, -0.1) is 0 Å². The second-order valence-electron chi connectivity index (χ2n) is 8.31. The van der Waals surface area contributed by atoms with Crippen LogP contribution in [0.15, 0.2) is 36.4 Å². The van der Waals surface area contributed by atoms with E-state index >= 15 is 0 Å². The number of hydrogen-bond acceptors (Lipinski definition) is 5. The second kappa shape index (κ2) is 11.8. The van der Waals surface area contributed by atoms with Crippen LogP contribution in [0.2, 0.25) is 10.0 Å². The number of ether oxygens (including phenoxy) is 1. The monoisotopic (exact) mass is 604 g/mol. The third kappa shape index (κ3) is 5.97. The minimum absolute atomic E-state index is 0.0118. The van der Waals surface area contributed by atoms with Crippen molar-refractivity contribution in [2.24, 2.45) is 0 Å². The van der Waals surface area contributed by atoms with Crippen LogP contribution in [-0.2, 0) is 0 Å². The molecule has 3 aromatic carbocycles. The fraction of sp³-hybridized carbons (Fsp3) is 0.200. The number of thiocarbonyl (C=S) groups is 1. The maximum atomic E-state index is 14.2. The highest BCUT2D eigenvalue weighted by molar-refractivity contribution is 7.80. The number of amides is 1. The van der Waals surface area contributed by atoms with Crippen molar-refractivity contribution in [3.63, 3.8) is 0 Å². The highest BCUT2D eigenvalue weighted by atomic mass is 35.5. The topological polar surface area (TPSA) is 56.8 Å². The largest absolute Gasteiger partial charge is 0.496 e. The fourth-order valence-corrected chi connectivity index (χ4v) is 4.76. The van der Waals surface area contributed by atoms with E-state index in [2.05, 4.69) is 10.6 Å². The Labute approximate surface area is 235 Å². The molecule has 2 N–H and O–H groups in total. The average Bonchev–Trinajstić information content (AvgIpc) is 2.91. The molecule has 206 valence electrons. The molecule has 0 spiro atoms. The second-order valence-corrected chi connectivity index (χ2v) is 9.56. The number of nitrogens with one attached hydrogen (secondary N) is 2. The molecule has 1 heterocycles. The number of rotatable bonds is 5. The van der Waals surface area contributed by atoms with E-state index in [9.17, 15) is 26.7 Å². The molecular formula is C25H19Cl2F5N4O2S. The number of carbonyl (C=O) groups excluding carboxylic acids is 1. The summed E-state index contributed by atoms with van der Waals surface area (Å²) in [4.78, 5) is 15.5. The van der Waals surface area contributed by atoms with Crippen molar-refractivity contribution >= 4 is 63.5 Å². The van der Waals surface area contributed by atoms with E-state index < -0.39 is 40.7 Å². The van der Waals surface area contributed by atoms with Gasteiger partial charge in [0.25, 0.3) is 5.91 Å². The number of methoxy groups -OCH3 is 1. The number of anilines is 3. The molecule has 0 unspecified atom stereocenters. The van der Waals surface area contributed by atoms with Gasteiger partial charge in [-0.05, 0) is 48.6 Å². The summed E-state index contributed by atoms with van der Waals surface area (Å²) in [6.45, 7) is 0.361. The van der Waals surface area contributed by atoms with Crippen LogP contribution in [-0.4, -0.2) is 44.3 Å². The van der Waals surface area contributed by atoms with Crippen LogP contribution in [0.25, 0.3) is 0 Å². The summed E-state index contributed by atoms with van der Waals surface area (Å²) in [6, 6.07) is 9.45. The van der Waals surface area contributed by atoms with Crippen LogP contribution in [0.1, 0.15) is 10.4 Å². The molecule has 14 heteroatoms. The number of hydrogen-bond donors (Lipinski definition) is 2.